The van der Waals surface area contributed by atoms with Gasteiger partial charge in [0.05, 0.1) is 14.2 Å². The first-order chi connectivity index (χ1) is 8.62. The molecule has 1 aromatic rings. The topological polar surface area (TPSA) is 97.2 Å². The van der Waals surface area contributed by atoms with Gasteiger partial charge in [0.2, 0.25) is 0 Å². The van der Waals surface area contributed by atoms with E-state index in [1.54, 1.807) is 12.1 Å². The molecule has 0 aromatic heterocycles. The lowest BCUT2D eigenvalue weighted by Crippen LogP contribution is -2.37. The fourth-order valence-corrected chi connectivity index (χ4v) is 1.14. The van der Waals surface area contributed by atoms with Gasteiger partial charge >= 0.3 is 5.97 Å². The molecule has 7 heteroatoms. The Balaban J connectivity index is 2.78. The molecule has 0 bridgehead atoms. The van der Waals surface area contributed by atoms with Crippen LogP contribution in [0.4, 0.5) is 0 Å². The molecule has 0 aliphatic rings. The van der Waals surface area contributed by atoms with E-state index in [2.05, 4.69) is 15.2 Å². The summed E-state index contributed by atoms with van der Waals surface area (Å²) in [5.41, 5.74) is 0.279. The number of oxime groups is 1. The number of benzene rings is 1. The van der Waals surface area contributed by atoms with Crippen molar-refractivity contribution in [2.45, 2.75) is 0 Å². The standard InChI is InChI=1S/C11H12N2O5/c1-17-8-5-3-7(4-6-8)10(14)12-9(13-16)11(15)18-2/h3-6,16H,1-2H3,(H,12,13,14). The van der Waals surface area contributed by atoms with Gasteiger partial charge in [-0.25, -0.2) is 4.79 Å². The van der Waals surface area contributed by atoms with Crippen molar-refractivity contribution >= 4 is 17.7 Å². The minimum absolute atomic E-state index is 0.279. The monoisotopic (exact) mass is 252 g/mol. The van der Waals surface area contributed by atoms with Crippen molar-refractivity contribution in [1.29, 1.82) is 0 Å². The first kappa shape index (κ1) is 13.5. The lowest BCUT2D eigenvalue weighted by molar-refractivity contribution is -0.133. The van der Waals surface area contributed by atoms with Gasteiger partial charge in [-0.05, 0) is 24.3 Å². The zero-order valence-corrected chi connectivity index (χ0v) is 9.84. The highest BCUT2D eigenvalue weighted by atomic mass is 16.5. The molecule has 0 unspecified atom stereocenters. The van der Waals surface area contributed by atoms with Crippen LogP contribution in [0, 0.1) is 0 Å². The molecule has 0 heterocycles. The second-order valence-corrected chi connectivity index (χ2v) is 3.12. The number of hydrogen-bond donors (Lipinski definition) is 2. The van der Waals surface area contributed by atoms with E-state index in [1.165, 1.54) is 19.2 Å². The number of methoxy groups -OCH3 is 2. The number of amides is 1. The molecule has 0 radical (unpaired) electrons. The molecule has 2 N–H and O–H groups in total. The number of rotatable bonds is 2. The van der Waals surface area contributed by atoms with Crippen LogP contribution in [0.1, 0.15) is 10.4 Å². The van der Waals surface area contributed by atoms with Gasteiger partial charge in [0, 0.05) is 5.56 Å². The van der Waals surface area contributed by atoms with Gasteiger partial charge in [0.1, 0.15) is 5.75 Å². The normalized spacial score (nSPS) is 10.7. The molecular formula is C11H12N2O5. The number of nitrogens with one attached hydrogen (secondary N) is 1. The fraction of sp³-hybridized carbons (Fsp3) is 0.182. The number of nitrogens with zero attached hydrogens (tertiary/aromatic N) is 1. The highest BCUT2D eigenvalue weighted by molar-refractivity contribution is 6.38. The third-order valence-corrected chi connectivity index (χ3v) is 2.06. The summed E-state index contributed by atoms with van der Waals surface area (Å²) in [6, 6.07) is 6.17. The summed E-state index contributed by atoms with van der Waals surface area (Å²) in [4.78, 5) is 22.7. The number of carbonyl (C=O) groups excluding carboxylic acids is 2. The average Bonchev–Trinajstić information content (AvgIpc) is 2.43. The molecule has 0 saturated heterocycles. The first-order valence-electron chi connectivity index (χ1n) is 4.88. The van der Waals surface area contributed by atoms with E-state index in [0.717, 1.165) is 7.11 Å². The lowest BCUT2D eigenvalue weighted by Gasteiger charge is -2.05. The maximum absolute atomic E-state index is 11.7. The third kappa shape index (κ3) is 3.21. The fourth-order valence-electron chi connectivity index (χ4n) is 1.14. The average molecular weight is 252 g/mol. The second-order valence-electron chi connectivity index (χ2n) is 3.12. The largest absolute Gasteiger partial charge is 0.497 e. The van der Waals surface area contributed by atoms with E-state index in [4.69, 9.17) is 9.94 Å². The van der Waals surface area contributed by atoms with Gasteiger partial charge in [0.15, 0.2) is 0 Å². The molecule has 0 aliphatic carbocycles. The number of esters is 1. The molecule has 0 atom stereocenters. The summed E-state index contributed by atoms with van der Waals surface area (Å²) in [7, 11) is 2.61. The van der Waals surface area contributed by atoms with Crippen molar-refractivity contribution in [1.82, 2.24) is 5.32 Å². The molecule has 7 nitrogen and oxygen atoms in total. The van der Waals surface area contributed by atoms with Crippen molar-refractivity contribution in [3.63, 3.8) is 0 Å². The van der Waals surface area contributed by atoms with Gasteiger partial charge in [0.25, 0.3) is 11.7 Å². The van der Waals surface area contributed by atoms with Crippen LogP contribution in [0.25, 0.3) is 0 Å². The van der Waals surface area contributed by atoms with E-state index in [1.807, 2.05) is 0 Å². The summed E-state index contributed by atoms with van der Waals surface area (Å²) in [5.74, 6) is -1.54. The van der Waals surface area contributed by atoms with Crippen molar-refractivity contribution < 1.29 is 24.3 Å². The van der Waals surface area contributed by atoms with Crippen LogP contribution in [0.2, 0.25) is 0 Å². The predicted octanol–water partition coefficient (Wildman–Crippen LogP) is 0.386. The van der Waals surface area contributed by atoms with E-state index >= 15 is 0 Å². The van der Waals surface area contributed by atoms with E-state index in [0.29, 0.717) is 5.75 Å². The Morgan fingerprint density at radius 1 is 1.22 bits per heavy atom. The van der Waals surface area contributed by atoms with Crippen LogP contribution in [-0.2, 0) is 9.53 Å². The van der Waals surface area contributed by atoms with Gasteiger partial charge in [-0.15, -0.1) is 0 Å². The maximum atomic E-state index is 11.7. The molecule has 0 saturated carbocycles. The molecule has 18 heavy (non-hydrogen) atoms. The molecule has 96 valence electrons. The Labute approximate surface area is 103 Å². The number of ether oxygens (including phenoxy) is 2. The Morgan fingerprint density at radius 3 is 2.28 bits per heavy atom. The van der Waals surface area contributed by atoms with Crippen molar-refractivity contribution in [2.75, 3.05) is 14.2 Å². The Morgan fingerprint density at radius 2 is 1.83 bits per heavy atom. The molecule has 0 aliphatic heterocycles. The third-order valence-electron chi connectivity index (χ3n) is 2.06. The second kappa shape index (κ2) is 6.24. The van der Waals surface area contributed by atoms with Crippen molar-refractivity contribution in [3.8, 4) is 5.75 Å². The van der Waals surface area contributed by atoms with E-state index in [9.17, 15) is 9.59 Å². The lowest BCUT2D eigenvalue weighted by atomic mass is 10.2. The van der Waals surface area contributed by atoms with Crippen LogP contribution >= 0.6 is 0 Å². The smallest absolute Gasteiger partial charge is 0.377 e. The van der Waals surface area contributed by atoms with Crippen LogP contribution in [0.3, 0.4) is 0 Å². The zero-order chi connectivity index (χ0) is 13.5. The Hall–Kier alpha value is -2.57. The predicted molar refractivity (Wildman–Crippen MR) is 61.7 cm³/mol. The van der Waals surface area contributed by atoms with Crippen LogP contribution < -0.4 is 10.1 Å². The summed E-state index contributed by atoms with van der Waals surface area (Å²) in [6.07, 6.45) is 0. The van der Waals surface area contributed by atoms with Crippen LogP contribution in [0.5, 0.6) is 5.75 Å². The van der Waals surface area contributed by atoms with E-state index < -0.39 is 17.7 Å². The molecule has 0 fully saturated rings. The summed E-state index contributed by atoms with van der Waals surface area (Å²) in [6.45, 7) is 0. The number of amidine groups is 1. The molecule has 1 rings (SSSR count). The van der Waals surface area contributed by atoms with Gasteiger partial charge in [-0.2, -0.15) is 0 Å². The highest BCUT2D eigenvalue weighted by Crippen LogP contribution is 2.10. The van der Waals surface area contributed by atoms with Crippen LogP contribution in [0.15, 0.2) is 29.4 Å². The molecular weight excluding hydrogens is 240 g/mol. The Kier molecular flexibility index (Phi) is 4.67. The first-order valence-corrected chi connectivity index (χ1v) is 4.88. The highest BCUT2D eigenvalue weighted by Gasteiger charge is 2.16. The minimum Gasteiger partial charge on any atom is -0.497 e. The van der Waals surface area contributed by atoms with E-state index in [-0.39, 0.29) is 5.56 Å². The van der Waals surface area contributed by atoms with Gasteiger partial charge in [-0.3, -0.25) is 10.1 Å². The summed E-state index contributed by atoms with van der Waals surface area (Å²) >= 11 is 0. The molecule has 1 aromatic carbocycles. The van der Waals surface area contributed by atoms with Gasteiger partial charge < -0.3 is 14.7 Å². The SMILES string of the molecule is COC(=O)/C(=N/O)NC(=O)c1ccc(OC)cc1. The number of hydrogen-bond acceptors (Lipinski definition) is 6. The minimum atomic E-state index is -0.945. The van der Waals surface area contributed by atoms with Crippen LogP contribution in [-0.4, -0.2) is 37.1 Å². The maximum Gasteiger partial charge on any atom is 0.377 e. The molecule has 1 amide bonds. The van der Waals surface area contributed by atoms with Gasteiger partial charge in [-0.1, -0.05) is 5.16 Å². The quantitative estimate of drug-likeness (QED) is 0.261. The molecule has 0 spiro atoms. The summed E-state index contributed by atoms with van der Waals surface area (Å²) < 4.78 is 9.25. The van der Waals surface area contributed by atoms with Crippen molar-refractivity contribution in [2.24, 2.45) is 5.16 Å². The number of carbonyl (C=O) groups is 2. The van der Waals surface area contributed by atoms with Crippen molar-refractivity contribution in [3.05, 3.63) is 29.8 Å². The zero-order valence-electron chi connectivity index (χ0n) is 9.84. The Bertz CT molecular complexity index is 467. The summed E-state index contributed by atoms with van der Waals surface area (Å²) in [5, 5.41) is 13.3.